The highest BCUT2D eigenvalue weighted by atomic mass is 79.9. The van der Waals surface area contributed by atoms with Gasteiger partial charge in [-0.1, -0.05) is 64.5 Å². The Bertz CT molecular complexity index is 1160. The van der Waals surface area contributed by atoms with Crippen LogP contribution < -0.4 is 10.1 Å². The molecule has 0 saturated heterocycles. The Morgan fingerprint density at radius 3 is 2.55 bits per heavy atom. The summed E-state index contributed by atoms with van der Waals surface area (Å²) < 4.78 is 6.89. The summed E-state index contributed by atoms with van der Waals surface area (Å²) >= 11 is 3.59. The fourth-order valence-electron chi connectivity index (χ4n) is 3.16. The first-order valence-corrected chi connectivity index (χ1v) is 10.8. The SMILES string of the molecule is CCOc1cc(/C=C(\C#N)C(=O)Nc2ccccc2C)ccc1Cc1ccccc1Br. The molecule has 4 nitrogen and oxygen atoms in total. The van der Waals surface area contributed by atoms with Crippen LogP contribution in [-0.2, 0) is 11.2 Å². The van der Waals surface area contributed by atoms with Crippen molar-refractivity contribution in [2.24, 2.45) is 0 Å². The van der Waals surface area contributed by atoms with E-state index in [1.165, 1.54) is 0 Å². The lowest BCUT2D eigenvalue weighted by atomic mass is 10.0. The lowest BCUT2D eigenvalue weighted by molar-refractivity contribution is -0.112. The van der Waals surface area contributed by atoms with Crippen molar-refractivity contribution in [1.82, 2.24) is 0 Å². The van der Waals surface area contributed by atoms with Gasteiger partial charge in [-0.3, -0.25) is 4.79 Å². The molecule has 0 saturated carbocycles. The van der Waals surface area contributed by atoms with E-state index in [1.54, 1.807) is 6.08 Å². The number of halogens is 1. The summed E-state index contributed by atoms with van der Waals surface area (Å²) in [5.41, 5.74) is 4.58. The third-order valence-corrected chi connectivity index (χ3v) is 5.57. The van der Waals surface area contributed by atoms with E-state index in [1.807, 2.05) is 80.6 Å². The van der Waals surface area contributed by atoms with Crippen LogP contribution >= 0.6 is 15.9 Å². The molecule has 0 bridgehead atoms. The number of hydrogen-bond acceptors (Lipinski definition) is 3. The zero-order valence-electron chi connectivity index (χ0n) is 17.5. The number of para-hydroxylation sites is 1. The number of benzene rings is 3. The van der Waals surface area contributed by atoms with E-state index < -0.39 is 5.91 Å². The number of carbonyl (C=O) groups excluding carboxylic acids is 1. The monoisotopic (exact) mass is 474 g/mol. The van der Waals surface area contributed by atoms with E-state index in [0.29, 0.717) is 18.7 Å². The summed E-state index contributed by atoms with van der Waals surface area (Å²) in [4.78, 5) is 12.6. The largest absolute Gasteiger partial charge is 0.494 e. The molecule has 31 heavy (non-hydrogen) atoms. The van der Waals surface area contributed by atoms with Crippen molar-refractivity contribution >= 4 is 33.6 Å². The number of rotatable bonds is 7. The molecule has 0 aliphatic heterocycles. The highest BCUT2D eigenvalue weighted by molar-refractivity contribution is 9.10. The number of aryl methyl sites for hydroxylation is 1. The quantitative estimate of drug-likeness (QED) is 0.323. The standard InChI is InChI=1S/C26H23BrN2O2/c1-3-31-25-15-19(12-13-21(25)16-20-9-5-6-10-23(20)27)14-22(17-28)26(30)29-24-11-7-4-8-18(24)2/h4-15H,3,16H2,1-2H3,(H,29,30)/b22-14+. The minimum Gasteiger partial charge on any atom is -0.494 e. The van der Waals surface area contributed by atoms with Crippen LogP contribution in [0.5, 0.6) is 5.75 Å². The normalized spacial score (nSPS) is 11.0. The van der Waals surface area contributed by atoms with Gasteiger partial charge in [0.1, 0.15) is 17.4 Å². The Hall–Kier alpha value is -3.36. The van der Waals surface area contributed by atoms with E-state index in [2.05, 4.69) is 27.3 Å². The Morgan fingerprint density at radius 2 is 1.84 bits per heavy atom. The van der Waals surface area contributed by atoms with Crippen LogP contribution in [0.15, 0.2) is 76.8 Å². The molecule has 0 aliphatic rings. The van der Waals surface area contributed by atoms with Crippen LogP contribution in [0.25, 0.3) is 6.08 Å². The molecule has 3 rings (SSSR count). The third kappa shape index (κ3) is 5.84. The predicted octanol–water partition coefficient (Wildman–Crippen LogP) is 6.29. The van der Waals surface area contributed by atoms with Gasteiger partial charge in [-0.05, 0) is 60.4 Å². The van der Waals surface area contributed by atoms with Gasteiger partial charge in [-0.15, -0.1) is 0 Å². The number of ether oxygens (including phenoxy) is 1. The number of nitriles is 1. The van der Waals surface area contributed by atoms with Crippen molar-refractivity contribution in [3.05, 3.63) is 99.0 Å². The van der Waals surface area contributed by atoms with E-state index in [0.717, 1.165) is 32.5 Å². The predicted molar refractivity (Wildman–Crippen MR) is 128 cm³/mol. The van der Waals surface area contributed by atoms with Crippen molar-refractivity contribution in [3.8, 4) is 11.8 Å². The van der Waals surface area contributed by atoms with Crippen molar-refractivity contribution in [1.29, 1.82) is 5.26 Å². The molecule has 1 amide bonds. The van der Waals surface area contributed by atoms with Gasteiger partial charge in [-0.25, -0.2) is 0 Å². The summed E-state index contributed by atoms with van der Waals surface area (Å²) in [7, 11) is 0. The molecule has 0 aliphatic carbocycles. The molecule has 0 aromatic heterocycles. The second-order valence-electron chi connectivity index (χ2n) is 7.01. The second kappa shape index (κ2) is 10.6. The molecule has 5 heteroatoms. The molecular weight excluding hydrogens is 452 g/mol. The average Bonchev–Trinajstić information content (AvgIpc) is 2.77. The van der Waals surface area contributed by atoms with Gasteiger partial charge in [0.25, 0.3) is 5.91 Å². The van der Waals surface area contributed by atoms with Gasteiger partial charge in [0.05, 0.1) is 6.61 Å². The fraction of sp³-hybridized carbons (Fsp3) is 0.154. The highest BCUT2D eigenvalue weighted by Crippen LogP contribution is 2.27. The first-order chi connectivity index (χ1) is 15.0. The van der Waals surface area contributed by atoms with Gasteiger partial charge in [-0.2, -0.15) is 5.26 Å². The van der Waals surface area contributed by atoms with Gasteiger partial charge < -0.3 is 10.1 Å². The van der Waals surface area contributed by atoms with Crippen molar-refractivity contribution < 1.29 is 9.53 Å². The maximum Gasteiger partial charge on any atom is 0.266 e. The Morgan fingerprint density at radius 1 is 1.10 bits per heavy atom. The average molecular weight is 475 g/mol. The van der Waals surface area contributed by atoms with Crippen LogP contribution in [0, 0.1) is 18.3 Å². The van der Waals surface area contributed by atoms with Crippen molar-refractivity contribution in [2.45, 2.75) is 20.3 Å². The van der Waals surface area contributed by atoms with Gasteiger partial charge >= 0.3 is 0 Å². The molecule has 1 N–H and O–H groups in total. The number of amides is 1. The summed E-state index contributed by atoms with van der Waals surface area (Å²) in [6.45, 7) is 4.36. The fourth-order valence-corrected chi connectivity index (χ4v) is 3.59. The van der Waals surface area contributed by atoms with E-state index in [4.69, 9.17) is 4.74 Å². The molecule has 3 aromatic rings. The number of nitrogens with one attached hydrogen (secondary N) is 1. The molecule has 0 fully saturated rings. The maximum atomic E-state index is 12.6. The van der Waals surface area contributed by atoms with E-state index in [9.17, 15) is 10.1 Å². The molecule has 0 unspecified atom stereocenters. The molecule has 0 atom stereocenters. The van der Waals surface area contributed by atoms with Crippen LogP contribution in [-0.4, -0.2) is 12.5 Å². The minimum atomic E-state index is -0.438. The maximum absolute atomic E-state index is 12.6. The number of carbonyl (C=O) groups is 1. The molecule has 3 aromatic carbocycles. The second-order valence-corrected chi connectivity index (χ2v) is 7.86. The van der Waals surface area contributed by atoms with Crippen LogP contribution in [0.4, 0.5) is 5.69 Å². The summed E-state index contributed by atoms with van der Waals surface area (Å²) in [6, 6.07) is 23.3. The number of hydrogen-bond donors (Lipinski definition) is 1. The van der Waals surface area contributed by atoms with E-state index in [-0.39, 0.29) is 5.57 Å². The third-order valence-electron chi connectivity index (χ3n) is 4.80. The van der Waals surface area contributed by atoms with Crippen molar-refractivity contribution in [3.63, 3.8) is 0 Å². The topological polar surface area (TPSA) is 62.1 Å². The zero-order chi connectivity index (χ0) is 22.2. The van der Waals surface area contributed by atoms with Gasteiger partial charge in [0.2, 0.25) is 0 Å². The van der Waals surface area contributed by atoms with Gasteiger partial charge in [0, 0.05) is 16.6 Å². The van der Waals surface area contributed by atoms with Crippen LogP contribution in [0.3, 0.4) is 0 Å². The van der Waals surface area contributed by atoms with Crippen molar-refractivity contribution in [2.75, 3.05) is 11.9 Å². The molecule has 156 valence electrons. The first kappa shape index (κ1) is 22.3. The summed E-state index contributed by atoms with van der Waals surface area (Å²) in [5, 5.41) is 12.3. The first-order valence-electron chi connectivity index (χ1n) is 9.99. The highest BCUT2D eigenvalue weighted by Gasteiger charge is 2.12. The lowest BCUT2D eigenvalue weighted by Gasteiger charge is -2.13. The molecule has 0 radical (unpaired) electrons. The Labute approximate surface area is 191 Å². The zero-order valence-corrected chi connectivity index (χ0v) is 19.1. The van der Waals surface area contributed by atoms with E-state index >= 15 is 0 Å². The van der Waals surface area contributed by atoms with Crippen LogP contribution in [0.2, 0.25) is 0 Å². The van der Waals surface area contributed by atoms with Gasteiger partial charge in [0.15, 0.2) is 0 Å². The summed E-state index contributed by atoms with van der Waals surface area (Å²) in [6.07, 6.45) is 2.29. The number of nitrogens with zero attached hydrogens (tertiary/aromatic N) is 1. The molecule has 0 heterocycles. The summed E-state index contributed by atoms with van der Waals surface area (Å²) in [5.74, 6) is 0.302. The smallest absolute Gasteiger partial charge is 0.266 e. The lowest BCUT2D eigenvalue weighted by Crippen LogP contribution is -2.14. The number of anilines is 1. The molecular formula is C26H23BrN2O2. The molecule has 0 spiro atoms. The van der Waals surface area contributed by atoms with Crippen LogP contribution in [0.1, 0.15) is 29.2 Å². The Kier molecular flexibility index (Phi) is 7.64. The minimum absolute atomic E-state index is 0.0317. The Balaban J connectivity index is 1.87.